The number of halogens is 1. The molecule has 2 unspecified atom stereocenters. The lowest BCUT2D eigenvalue weighted by molar-refractivity contribution is -0.122. The van der Waals surface area contributed by atoms with Gasteiger partial charge in [0.05, 0.1) is 0 Å². The molecule has 0 saturated carbocycles. The molecule has 5 nitrogen and oxygen atoms in total. The van der Waals surface area contributed by atoms with Gasteiger partial charge in [0.15, 0.2) is 0 Å². The van der Waals surface area contributed by atoms with E-state index in [9.17, 15) is 14.3 Å². The number of nitrogens with two attached hydrogens (primary N) is 1. The Morgan fingerprint density at radius 2 is 1.83 bits per heavy atom. The molecule has 0 radical (unpaired) electrons. The van der Waals surface area contributed by atoms with Gasteiger partial charge < -0.3 is 20.9 Å². The number of rotatable bonds is 8. The maximum atomic E-state index is 12.8. The molecule has 4 N–H and O–H groups in total. The highest BCUT2D eigenvalue weighted by Crippen LogP contribution is 2.13. The van der Waals surface area contributed by atoms with Crippen LogP contribution in [-0.4, -0.2) is 30.3 Å². The highest BCUT2D eigenvalue weighted by atomic mass is 19.1. The average Bonchev–Trinajstić information content (AvgIpc) is 2.60. The number of hydrogen-bond acceptors (Lipinski definition) is 4. The fourth-order valence-corrected chi connectivity index (χ4v) is 2.10. The van der Waals surface area contributed by atoms with Crippen molar-refractivity contribution in [3.8, 4) is 5.75 Å². The van der Waals surface area contributed by atoms with Crippen LogP contribution in [0, 0.1) is 5.82 Å². The first-order chi connectivity index (χ1) is 11.5. The van der Waals surface area contributed by atoms with Gasteiger partial charge in [-0.25, -0.2) is 4.39 Å². The molecular formula is C18H21FN2O3. The third kappa shape index (κ3) is 5.98. The van der Waals surface area contributed by atoms with E-state index in [1.54, 1.807) is 0 Å². The van der Waals surface area contributed by atoms with Crippen LogP contribution in [0.1, 0.15) is 18.0 Å². The number of ether oxygens (including phenoxy) is 1. The van der Waals surface area contributed by atoms with Crippen molar-refractivity contribution in [2.75, 3.05) is 13.2 Å². The molecule has 0 saturated heterocycles. The van der Waals surface area contributed by atoms with Crippen LogP contribution in [0.15, 0.2) is 54.6 Å². The molecule has 0 fully saturated rings. The summed E-state index contributed by atoms with van der Waals surface area (Å²) in [6, 6.07) is 14.4. The van der Waals surface area contributed by atoms with Crippen LogP contribution in [0.5, 0.6) is 5.75 Å². The van der Waals surface area contributed by atoms with Crippen LogP contribution in [0.25, 0.3) is 0 Å². The van der Waals surface area contributed by atoms with E-state index in [0.717, 1.165) is 5.56 Å². The van der Waals surface area contributed by atoms with E-state index in [-0.39, 0.29) is 37.3 Å². The van der Waals surface area contributed by atoms with Crippen LogP contribution < -0.4 is 15.8 Å². The topological polar surface area (TPSA) is 84.6 Å². The maximum absolute atomic E-state index is 12.8. The summed E-state index contributed by atoms with van der Waals surface area (Å²) < 4.78 is 18.1. The molecule has 0 spiro atoms. The summed E-state index contributed by atoms with van der Waals surface area (Å²) in [6.07, 6.45) is -0.734. The zero-order valence-electron chi connectivity index (χ0n) is 13.2. The first kappa shape index (κ1) is 17.9. The predicted molar refractivity (Wildman–Crippen MR) is 88.9 cm³/mol. The third-order valence-electron chi connectivity index (χ3n) is 3.42. The summed E-state index contributed by atoms with van der Waals surface area (Å²) >= 11 is 0. The Balaban J connectivity index is 1.68. The average molecular weight is 332 g/mol. The monoisotopic (exact) mass is 332 g/mol. The van der Waals surface area contributed by atoms with Crippen molar-refractivity contribution in [1.29, 1.82) is 0 Å². The lowest BCUT2D eigenvalue weighted by atomic mass is 10.0. The van der Waals surface area contributed by atoms with Crippen LogP contribution >= 0.6 is 0 Å². The molecule has 2 rings (SSSR count). The molecule has 0 aliphatic heterocycles. The number of amides is 1. The Kier molecular flexibility index (Phi) is 6.72. The van der Waals surface area contributed by atoms with Crippen LogP contribution in [0.3, 0.4) is 0 Å². The highest BCUT2D eigenvalue weighted by Gasteiger charge is 2.13. The molecule has 0 aliphatic rings. The van der Waals surface area contributed by atoms with E-state index < -0.39 is 6.10 Å². The molecule has 0 aliphatic carbocycles. The van der Waals surface area contributed by atoms with Gasteiger partial charge >= 0.3 is 0 Å². The molecule has 0 bridgehead atoms. The molecule has 2 aromatic rings. The second-order valence-corrected chi connectivity index (χ2v) is 5.44. The van der Waals surface area contributed by atoms with Gasteiger partial charge in [0, 0.05) is 19.0 Å². The minimum Gasteiger partial charge on any atom is -0.491 e. The molecule has 2 aromatic carbocycles. The van der Waals surface area contributed by atoms with E-state index in [0.29, 0.717) is 5.75 Å². The van der Waals surface area contributed by atoms with Gasteiger partial charge in [-0.3, -0.25) is 4.79 Å². The van der Waals surface area contributed by atoms with E-state index in [4.69, 9.17) is 10.5 Å². The number of aliphatic hydroxyl groups excluding tert-OH is 1. The summed E-state index contributed by atoms with van der Waals surface area (Å²) in [5.41, 5.74) is 6.85. The second kappa shape index (κ2) is 9.00. The number of carbonyl (C=O) groups is 1. The second-order valence-electron chi connectivity index (χ2n) is 5.44. The van der Waals surface area contributed by atoms with Gasteiger partial charge in [-0.1, -0.05) is 30.3 Å². The predicted octanol–water partition coefficient (Wildman–Crippen LogP) is 1.77. The normalized spacial score (nSPS) is 13.1. The smallest absolute Gasteiger partial charge is 0.221 e. The van der Waals surface area contributed by atoms with Gasteiger partial charge in [0.25, 0.3) is 0 Å². The van der Waals surface area contributed by atoms with E-state index in [1.807, 2.05) is 30.3 Å². The van der Waals surface area contributed by atoms with Gasteiger partial charge in [-0.05, 0) is 29.8 Å². The quantitative estimate of drug-likeness (QED) is 0.688. The summed E-state index contributed by atoms with van der Waals surface area (Å²) in [4.78, 5) is 11.9. The number of carbonyl (C=O) groups excluding carboxylic acids is 1. The molecule has 2 atom stereocenters. The van der Waals surface area contributed by atoms with Crippen molar-refractivity contribution in [2.45, 2.75) is 18.6 Å². The van der Waals surface area contributed by atoms with E-state index >= 15 is 0 Å². The molecule has 128 valence electrons. The number of aliphatic hydroxyl groups is 1. The van der Waals surface area contributed by atoms with Crippen LogP contribution in [-0.2, 0) is 4.79 Å². The van der Waals surface area contributed by atoms with Crippen LogP contribution in [0.4, 0.5) is 4.39 Å². The van der Waals surface area contributed by atoms with Gasteiger partial charge in [0.1, 0.15) is 24.3 Å². The summed E-state index contributed by atoms with van der Waals surface area (Å²) in [5, 5.41) is 12.4. The number of benzene rings is 2. The first-order valence-electron chi connectivity index (χ1n) is 7.68. The van der Waals surface area contributed by atoms with E-state index in [1.165, 1.54) is 24.3 Å². The number of hydrogen-bond donors (Lipinski definition) is 3. The molecule has 0 aromatic heterocycles. The highest BCUT2D eigenvalue weighted by molar-refractivity contribution is 5.76. The molecule has 1 amide bonds. The lowest BCUT2D eigenvalue weighted by Crippen LogP contribution is -2.36. The molecule has 6 heteroatoms. The first-order valence-corrected chi connectivity index (χ1v) is 7.68. The standard InChI is InChI=1S/C18H21FN2O3/c19-14-6-8-16(9-7-14)24-12-15(22)11-21-18(23)10-17(20)13-4-2-1-3-5-13/h1-9,15,17,22H,10-12,20H2,(H,21,23). The lowest BCUT2D eigenvalue weighted by Gasteiger charge is -2.15. The Morgan fingerprint density at radius 3 is 2.50 bits per heavy atom. The summed E-state index contributed by atoms with van der Waals surface area (Å²) in [7, 11) is 0. The summed E-state index contributed by atoms with van der Waals surface area (Å²) in [6.45, 7) is 0.0538. The largest absolute Gasteiger partial charge is 0.491 e. The fourth-order valence-electron chi connectivity index (χ4n) is 2.10. The Morgan fingerprint density at radius 1 is 1.17 bits per heavy atom. The maximum Gasteiger partial charge on any atom is 0.221 e. The Hall–Kier alpha value is -2.44. The van der Waals surface area contributed by atoms with Crippen molar-refractivity contribution in [3.63, 3.8) is 0 Å². The Bertz CT molecular complexity index is 634. The minimum atomic E-state index is -0.869. The van der Waals surface area contributed by atoms with Gasteiger partial charge in [-0.2, -0.15) is 0 Å². The van der Waals surface area contributed by atoms with Crippen molar-refractivity contribution in [2.24, 2.45) is 5.73 Å². The minimum absolute atomic E-state index is 0.00332. The van der Waals surface area contributed by atoms with Crippen molar-refractivity contribution < 1.29 is 19.0 Å². The summed E-state index contributed by atoms with van der Waals surface area (Å²) in [5.74, 6) is -0.148. The number of nitrogens with one attached hydrogen (secondary N) is 1. The third-order valence-corrected chi connectivity index (χ3v) is 3.42. The van der Waals surface area contributed by atoms with Crippen molar-refractivity contribution in [1.82, 2.24) is 5.32 Å². The van der Waals surface area contributed by atoms with Crippen molar-refractivity contribution in [3.05, 3.63) is 66.0 Å². The fraction of sp³-hybridized carbons (Fsp3) is 0.278. The zero-order chi connectivity index (χ0) is 17.4. The van der Waals surface area contributed by atoms with E-state index in [2.05, 4.69) is 5.32 Å². The SMILES string of the molecule is NC(CC(=O)NCC(O)COc1ccc(F)cc1)c1ccccc1. The molecule has 0 heterocycles. The molecule has 24 heavy (non-hydrogen) atoms. The van der Waals surface area contributed by atoms with Crippen LogP contribution in [0.2, 0.25) is 0 Å². The van der Waals surface area contributed by atoms with Gasteiger partial charge in [-0.15, -0.1) is 0 Å². The Labute approximate surface area is 140 Å². The van der Waals surface area contributed by atoms with Gasteiger partial charge in [0.2, 0.25) is 5.91 Å². The van der Waals surface area contributed by atoms with Crippen molar-refractivity contribution >= 4 is 5.91 Å². The zero-order valence-corrected chi connectivity index (χ0v) is 13.2. The molecular weight excluding hydrogens is 311 g/mol.